The van der Waals surface area contributed by atoms with Gasteiger partial charge in [0.2, 0.25) is 5.91 Å². The highest BCUT2D eigenvalue weighted by Gasteiger charge is 2.38. The SMILES string of the molecule is CN1C(=O)CCC1C(C#N)C1CCCC1. The second kappa shape index (κ2) is 4.22. The van der Waals surface area contributed by atoms with Gasteiger partial charge in [0.15, 0.2) is 0 Å². The number of carbonyl (C=O) groups is 1. The molecular formula is C12H18N2O. The van der Waals surface area contributed by atoms with Crippen LogP contribution in [0.3, 0.4) is 0 Å². The number of rotatable bonds is 2. The summed E-state index contributed by atoms with van der Waals surface area (Å²) >= 11 is 0. The summed E-state index contributed by atoms with van der Waals surface area (Å²) in [7, 11) is 1.85. The van der Waals surface area contributed by atoms with Gasteiger partial charge in [0.25, 0.3) is 0 Å². The second-order valence-electron chi connectivity index (χ2n) is 4.81. The van der Waals surface area contributed by atoms with Crippen LogP contribution in [0.25, 0.3) is 0 Å². The Balaban J connectivity index is 2.06. The average molecular weight is 206 g/mol. The van der Waals surface area contributed by atoms with Crippen LogP contribution in [0, 0.1) is 23.2 Å². The molecule has 1 heterocycles. The van der Waals surface area contributed by atoms with E-state index in [2.05, 4.69) is 6.07 Å². The molecule has 15 heavy (non-hydrogen) atoms. The number of likely N-dealkylation sites (tertiary alicyclic amines) is 1. The molecule has 3 nitrogen and oxygen atoms in total. The standard InChI is InChI=1S/C12H18N2O/c1-14-11(6-7-12(14)15)10(8-13)9-4-2-3-5-9/h9-11H,2-7H2,1H3. The van der Waals surface area contributed by atoms with Gasteiger partial charge >= 0.3 is 0 Å². The zero-order valence-corrected chi connectivity index (χ0v) is 9.28. The van der Waals surface area contributed by atoms with Crippen molar-refractivity contribution >= 4 is 5.91 Å². The summed E-state index contributed by atoms with van der Waals surface area (Å²) < 4.78 is 0. The lowest BCUT2D eigenvalue weighted by atomic mass is 9.85. The first-order chi connectivity index (χ1) is 7.24. The molecule has 1 aliphatic heterocycles. The minimum atomic E-state index is 0.0731. The second-order valence-corrected chi connectivity index (χ2v) is 4.81. The number of hydrogen-bond acceptors (Lipinski definition) is 2. The average Bonchev–Trinajstić information content (AvgIpc) is 2.84. The molecule has 2 fully saturated rings. The van der Waals surface area contributed by atoms with E-state index >= 15 is 0 Å². The first-order valence-electron chi connectivity index (χ1n) is 5.89. The molecule has 0 aromatic rings. The number of nitriles is 1. The Kier molecular flexibility index (Phi) is 2.95. The van der Waals surface area contributed by atoms with Gasteiger partial charge in [0, 0.05) is 19.5 Å². The predicted octanol–water partition coefficient (Wildman–Crippen LogP) is 1.94. The van der Waals surface area contributed by atoms with E-state index in [-0.39, 0.29) is 17.9 Å². The highest BCUT2D eigenvalue weighted by atomic mass is 16.2. The maximum Gasteiger partial charge on any atom is 0.222 e. The van der Waals surface area contributed by atoms with Crippen LogP contribution in [-0.4, -0.2) is 23.9 Å². The van der Waals surface area contributed by atoms with Crippen LogP contribution >= 0.6 is 0 Å². The highest BCUT2D eigenvalue weighted by Crippen LogP contribution is 2.37. The smallest absolute Gasteiger partial charge is 0.222 e. The third-order valence-electron chi connectivity index (χ3n) is 4.02. The summed E-state index contributed by atoms with van der Waals surface area (Å²) in [6, 6.07) is 2.63. The zero-order chi connectivity index (χ0) is 10.8. The lowest BCUT2D eigenvalue weighted by Crippen LogP contribution is -2.37. The van der Waals surface area contributed by atoms with Crippen LogP contribution in [0.4, 0.5) is 0 Å². The van der Waals surface area contributed by atoms with Crippen molar-refractivity contribution in [2.75, 3.05) is 7.05 Å². The van der Waals surface area contributed by atoms with Gasteiger partial charge in [0.05, 0.1) is 12.0 Å². The van der Waals surface area contributed by atoms with Crippen LogP contribution in [0.5, 0.6) is 0 Å². The fourth-order valence-electron chi connectivity index (χ4n) is 3.07. The first-order valence-corrected chi connectivity index (χ1v) is 5.89. The fourth-order valence-corrected chi connectivity index (χ4v) is 3.07. The van der Waals surface area contributed by atoms with Crippen molar-refractivity contribution in [2.45, 2.75) is 44.6 Å². The van der Waals surface area contributed by atoms with Gasteiger partial charge in [-0.3, -0.25) is 4.79 Å². The molecule has 2 atom stereocenters. The van der Waals surface area contributed by atoms with Gasteiger partial charge < -0.3 is 4.90 Å². The van der Waals surface area contributed by atoms with Gasteiger partial charge in [-0.1, -0.05) is 12.8 Å². The number of nitrogens with zero attached hydrogens (tertiary/aromatic N) is 2. The Bertz CT molecular complexity index is 288. The molecule has 1 saturated heterocycles. The summed E-state index contributed by atoms with van der Waals surface area (Å²) in [4.78, 5) is 13.2. The maximum absolute atomic E-state index is 11.4. The van der Waals surface area contributed by atoms with E-state index in [4.69, 9.17) is 0 Å². The van der Waals surface area contributed by atoms with E-state index in [1.165, 1.54) is 25.7 Å². The normalized spacial score (nSPS) is 29.5. The predicted molar refractivity (Wildman–Crippen MR) is 56.9 cm³/mol. The number of hydrogen-bond donors (Lipinski definition) is 0. The Labute approximate surface area is 91.1 Å². The van der Waals surface area contributed by atoms with E-state index in [0.29, 0.717) is 12.3 Å². The van der Waals surface area contributed by atoms with E-state index < -0.39 is 0 Å². The molecule has 1 aliphatic carbocycles. The maximum atomic E-state index is 11.4. The molecule has 0 spiro atoms. The van der Waals surface area contributed by atoms with Gasteiger partial charge in [-0.2, -0.15) is 5.26 Å². The number of amides is 1. The lowest BCUT2D eigenvalue weighted by molar-refractivity contribution is -0.128. The van der Waals surface area contributed by atoms with E-state index in [1.54, 1.807) is 4.90 Å². The molecule has 0 bridgehead atoms. The molecule has 0 aromatic heterocycles. The van der Waals surface area contributed by atoms with Crippen LogP contribution in [0.15, 0.2) is 0 Å². The Morgan fingerprint density at radius 3 is 2.53 bits per heavy atom. The summed E-state index contributed by atoms with van der Waals surface area (Å²) in [5.74, 6) is 0.815. The van der Waals surface area contributed by atoms with Gasteiger partial charge in [0.1, 0.15) is 0 Å². The van der Waals surface area contributed by atoms with E-state index in [9.17, 15) is 10.1 Å². The fraction of sp³-hybridized carbons (Fsp3) is 0.833. The molecular weight excluding hydrogens is 188 g/mol. The summed E-state index contributed by atoms with van der Waals surface area (Å²) in [6.07, 6.45) is 6.38. The van der Waals surface area contributed by atoms with Gasteiger partial charge in [-0.15, -0.1) is 0 Å². The minimum Gasteiger partial charge on any atom is -0.341 e. The minimum absolute atomic E-state index is 0.0731. The zero-order valence-electron chi connectivity index (χ0n) is 9.28. The summed E-state index contributed by atoms with van der Waals surface area (Å²) in [6.45, 7) is 0. The third kappa shape index (κ3) is 1.86. The third-order valence-corrected chi connectivity index (χ3v) is 4.02. The van der Waals surface area contributed by atoms with Gasteiger partial charge in [-0.05, 0) is 25.2 Å². The molecule has 1 amide bonds. The van der Waals surface area contributed by atoms with Crippen molar-refractivity contribution < 1.29 is 4.79 Å². The number of carbonyl (C=O) groups excluding carboxylic acids is 1. The molecule has 2 unspecified atom stereocenters. The van der Waals surface area contributed by atoms with Crippen LogP contribution in [-0.2, 0) is 4.79 Å². The van der Waals surface area contributed by atoms with Gasteiger partial charge in [-0.25, -0.2) is 0 Å². The largest absolute Gasteiger partial charge is 0.341 e. The molecule has 0 aromatic carbocycles. The molecule has 82 valence electrons. The van der Waals surface area contributed by atoms with Crippen molar-refractivity contribution in [1.29, 1.82) is 5.26 Å². The molecule has 1 saturated carbocycles. The molecule has 3 heteroatoms. The Morgan fingerprint density at radius 2 is 2.07 bits per heavy atom. The van der Waals surface area contributed by atoms with Crippen molar-refractivity contribution in [3.05, 3.63) is 0 Å². The topological polar surface area (TPSA) is 44.1 Å². The molecule has 2 rings (SSSR count). The first kappa shape index (κ1) is 10.5. The Hall–Kier alpha value is -1.04. The summed E-state index contributed by atoms with van der Waals surface area (Å²) in [5, 5.41) is 9.26. The molecule has 2 aliphatic rings. The quantitative estimate of drug-likeness (QED) is 0.693. The van der Waals surface area contributed by atoms with Crippen LogP contribution in [0.2, 0.25) is 0 Å². The van der Waals surface area contributed by atoms with Crippen molar-refractivity contribution in [3.8, 4) is 6.07 Å². The Morgan fingerprint density at radius 1 is 1.40 bits per heavy atom. The molecule has 0 radical (unpaired) electrons. The monoisotopic (exact) mass is 206 g/mol. The van der Waals surface area contributed by atoms with E-state index in [0.717, 1.165) is 6.42 Å². The van der Waals surface area contributed by atoms with Crippen molar-refractivity contribution in [3.63, 3.8) is 0 Å². The highest BCUT2D eigenvalue weighted by molar-refractivity contribution is 5.78. The van der Waals surface area contributed by atoms with Crippen molar-refractivity contribution in [1.82, 2.24) is 4.90 Å². The van der Waals surface area contributed by atoms with Crippen molar-refractivity contribution in [2.24, 2.45) is 11.8 Å². The lowest BCUT2D eigenvalue weighted by Gasteiger charge is -2.28. The summed E-state index contributed by atoms with van der Waals surface area (Å²) in [5.41, 5.74) is 0. The molecule has 0 N–H and O–H groups in total. The van der Waals surface area contributed by atoms with Crippen LogP contribution in [0.1, 0.15) is 38.5 Å². The van der Waals surface area contributed by atoms with E-state index in [1.807, 2.05) is 7.05 Å². The van der Waals surface area contributed by atoms with Crippen LogP contribution < -0.4 is 0 Å².